The molecule has 1 unspecified atom stereocenters. The first kappa shape index (κ1) is 20.6. The lowest BCUT2D eigenvalue weighted by Gasteiger charge is -2.30. The number of hydrogen-bond donors (Lipinski definition) is 1. The lowest BCUT2D eigenvalue weighted by atomic mass is 9.78. The number of anilines is 1. The highest BCUT2D eigenvalue weighted by Crippen LogP contribution is 2.38. The molecule has 1 amide bonds. The summed E-state index contributed by atoms with van der Waals surface area (Å²) in [7, 11) is -3.57. The third-order valence-electron chi connectivity index (χ3n) is 5.31. The number of rotatable bonds is 4. The first-order valence-electron chi connectivity index (χ1n) is 9.53. The van der Waals surface area contributed by atoms with Crippen LogP contribution in [0.2, 0.25) is 0 Å². The van der Waals surface area contributed by atoms with Crippen molar-refractivity contribution in [3.8, 4) is 0 Å². The van der Waals surface area contributed by atoms with Gasteiger partial charge in [0.05, 0.1) is 16.5 Å². The topological polar surface area (TPSA) is 96.4 Å². The zero-order valence-electron chi connectivity index (χ0n) is 16.3. The largest absolute Gasteiger partial charge is 0.302 e. The summed E-state index contributed by atoms with van der Waals surface area (Å²) in [5.74, 6) is -0.611. The van der Waals surface area contributed by atoms with Gasteiger partial charge in [0.1, 0.15) is 4.21 Å². The van der Waals surface area contributed by atoms with Crippen molar-refractivity contribution in [3.63, 3.8) is 0 Å². The van der Waals surface area contributed by atoms with E-state index in [1.165, 1.54) is 27.0 Å². The van der Waals surface area contributed by atoms with Gasteiger partial charge in [0.25, 0.3) is 10.0 Å². The zero-order valence-corrected chi connectivity index (χ0v) is 18.8. The normalized spacial score (nSPS) is 22.3. The van der Waals surface area contributed by atoms with Crippen LogP contribution >= 0.6 is 22.7 Å². The number of amides is 1. The van der Waals surface area contributed by atoms with Crippen LogP contribution < -0.4 is 5.32 Å². The standard InChI is InChI=1S/C19H23N3O4S3/c1-19(2)9-13-16(14(23)10-19)28-18(20-13)21-17(24)12-5-3-7-22(11-12)29(25,26)15-6-4-8-27-15/h4,6,8,12H,3,5,7,9-11H2,1-2H3,(H,20,21,24). The van der Waals surface area contributed by atoms with Gasteiger partial charge in [0, 0.05) is 19.5 Å². The van der Waals surface area contributed by atoms with E-state index in [0.717, 1.165) is 5.69 Å². The van der Waals surface area contributed by atoms with Crippen molar-refractivity contribution in [2.75, 3.05) is 18.4 Å². The van der Waals surface area contributed by atoms with Crippen molar-refractivity contribution in [2.24, 2.45) is 11.3 Å². The second kappa shape index (κ2) is 7.57. The number of sulfonamides is 1. The Bertz CT molecular complexity index is 1040. The SMILES string of the molecule is CC1(C)CC(=O)c2sc(NC(=O)C3CCCN(S(=O)(=O)c4cccs4)C3)nc2C1. The number of piperidine rings is 1. The predicted molar refractivity (Wildman–Crippen MR) is 113 cm³/mol. The van der Waals surface area contributed by atoms with E-state index in [2.05, 4.69) is 10.3 Å². The Balaban J connectivity index is 1.46. The first-order chi connectivity index (χ1) is 13.7. The zero-order chi connectivity index (χ0) is 20.8. The summed E-state index contributed by atoms with van der Waals surface area (Å²) in [4.78, 5) is 30.3. The summed E-state index contributed by atoms with van der Waals surface area (Å²) in [6.07, 6.45) is 2.44. The maximum Gasteiger partial charge on any atom is 0.252 e. The minimum Gasteiger partial charge on any atom is -0.302 e. The summed E-state index contributed by atoms with van der Waals surface area (Å²) in [6.45, 7) is 4.65. The Hall–Kier alpha value is -1.62. The monoisotopic (exact) mass is 453 g/mol. The summed E-state index contributed by atoms with van der Waals surface area (Å²) in [5, 5.41) is 4.97. The summed E-state index contributed by atoms with van der Waals surface area (Å²) in [6, 6.07) is 3.29. The molecule has 2 aromatic heterocycles. The minimum atomic E-state index is -3.57. The lowest BCUT2D eigenvalue weighted by Crippen LogP contribution is -2.43. The van der Waals surface area contributed by atoms with Crippen molar-refractivity contribution < 1.29 is 18.0 Å². The van der Waals surface area contributed by atoms with Crippen LogP contribution in [-0.2, 0) is 21.2 Å². The smallest absolute Gasteiger partial charge is 0.252 e. The van der Waals surface area contributed by atoms with E-state index in [0.29, 0.717) is 46.4 Å². The molecule has 1 fully saturated rings. The number of nitrogens with zero attached hydrogens (tertiary/aromatic N) is 2. The number of fused-ring (bicyclic) bond motifs is 1. The third-order valence-corrected chi connectivity index (χ3v) is 9.60. The van der Waals surface area contributed by atoms with Crippen molar-refractivity contribution in [3.05, 3.63) is 28.1 Å². The number of carbonyl (C=O) groups excluding carboxylic acids is 2. The Morgan fingerprint density at radius 1 is 1.34 bits per heavy atom. The molecule has 29 heavy (non-hydrogen) atoms. The number of Topliss-reactive ketones (excluding diaryl/α,β-unsaturated/α-hetero) is 1. The van der Waals surface area contributed by atoms with Gasteiger partial charge in [-0.05, 0) is 36.1 Å². The Labute approximate surface area is 178 Å². The first-order valence-corrected chi connectivity index (χ1v) is 12.7. The maximum atomic E-state index is 12.8. The molecule has 156 valence electrons. The molecule has 1 N–H and O–H groups in total. The molecule has 2 aliphatic rings. The molecular weight excluding hydrogens is 430 g/mol. The molecule has 7 nitrogen and oxygen atoms in total. The van der Waals surface area contributed by atoms with Crippen LogP contribution in [0, 0.1) is 11.3 Å². The van der Waals surface area contributed by atoms with Gasteiger partial charge < -0.3 is 5.32 Å². The molecule has 0 bridgehead atoms. The van der Waals surface area contributed by atoms with Crippen molar-refractivity contribution in [1.82, 2.24) is 9.29 Å². The lowest BCUT2D eigenvalue weighted by molar-refractivity contribution is -0.120. The number of thiophene rings is 1. The van der Waals surface area contributed by atoms with E-state index in [9.17, 15) is 18.0 Å². The number of carbonyl (C=O) groups is 2. The predicted octanol–water partition coefficient (Wildman–Crippen LogP) is 3.40. The van der Waals surface area contributed by atoms with Crippen LogP contribution in [0.4, 0.5) is 5.13 Å². The molecule has 4 rings (SSSR count). The minimum absolute atomic E-state index is 0.0696. The number of nitrogens with one attached hydrogen (secondary N) is 1. The fraction of sp³-hybridized carbons (Fsp3) is 0.526. The second-order valence-corrected chi connectivity index (χ2v) is 12.5. The van der Waals surface area contributed by atoms with E-state index in [1.807, 2.05) is 13.8 Å². The van der Waals surface area contributed by atoms with Gasteiger partial charge in [-0.25, -0.2) is 13.4 Å². The van der Waals surface area contributed by atoms with Gasteiger partial charge in [0.15, 0.2) is 10.9 Å². The Morgan fingerprint density at radius 2 is 2.14 bits per heavy atom. The van der Waals surface area contributed by atoms with Crippen LogP contribution in [-0.4, -0.2) is 42.5 Å². The summed E-state index contributed by atoms with van der Waals surface area (Å²) < 4.78 is 27.2. The molecule has 0 radical (unpaired) electrons. The molecule has 1 aliphatic carbocycles. The van der Waals surface area contributed by atoms with E-state index < -0.39 is 15.9 Å². The molecule has 3 heterocycles. The van der Waals surface area contributed by atoms with Gasteiger partial charge in [-0.3, -0.25) is 9.59 Å². The Morgan fingerprint density at radius 3 is 2.86 bits per heavy atom. The average Bonchev–Trinajstić information content (AvgIpc) is 3.31. The number of ketones is 1. The van der Waals surface area contributed by atoms with E-state index >= 15 is 0 Å². The van der Waals surface area contributed by atoms with Crippen LogP contribution in [0.25, 0.3) is 0 Å². The molecule has 0 aromatic carbocycles. The molecule has 2 aromatic rings. The molecule has 1 atom stereocenters. The van der Waals surface area contributed by atoms with E-state index in [1.54, 1.807) is 17.5 Å². The van der Waals surface area contributed by atoms with Gasteiger partial charge >= 0.3 is 0 Å². The average molecular weight is 454 g/mol. The van der Waals surface area contributed by atoms with Crippen LogP contribution in [0.5, 0.6) is 0 Å². The van der Waals surface area contributed by atoms with Gasteiger partial charge in [0.2, 0.25) is 5.91 Å². The van der Waals surface area contributed by atoms with Crippen molar-refractivity contribution in [2.45, 2.75) is 43.7 Å². The van der Waals surface area contributed by atoms with Crippen LogP contribution in [0.1, 0.15) is 48.5 Å². The van der Waals surface area contributed by atoms with Gasteiger partial charge in [-0.2, -0.15) is 4.31 Å². The number of hydrogen-bond acceptors (Lipinski definition) is 7. The fourth-order valence-electron chi connectivity index (χ4n) is 3.89. The van der Waals surface area contributed by atoms with Gasteiger partial charge in [-0.1, -0.05) is 31.3 Å². The highest BCUT2D eigenvalue weighted by molar-refractivity contribution is 7.91. The van der Waals surface area contributed by atoms with Crippen LogP contribution in [0.3, 0.4) is 0 Å². The quantitative estimate of drug-likeness (QED) is 0.765. The van der Waals surface area contributed by atoms with Crippen LogP contribution in [0.15, 0.2) is 21.7 Å². The maximum absolute atomic E-state index is 12.8. The molecule has 0 saturated carbocycles. The fourth-order valence-corrected chi connectivity index (χ4v) is 7.48. The highest BCUT2D eigenvalue weighted by Gasteiger charge is 2.36. The summed E-state index contributed by atoms with van der Waals surface area (Å²) >= 11 is 2.40. The van der Waals surface area contributed by atoms with E-state index in [4.69, 9.17) is 0 Å². The van der Waals surface area contributed by atoms with E-state index in [-0.39, 0.29) is 23.7 Å². The summed E-state index contributed by atoms with van der Waals surface area (Å²) in [5.41, 5.74) is 0.622. The molecule has 10 heteroatoms. The van der Waals surface area contributed by atoms with Crippen molar-refractivity contribution in [1.29, 1.82) is 0 Å². The number of aromatic nitrogens is 1. The Kier molecular flexibility index (Phi) is 5.39. The number of thiazole rings is 1. The molecule has 1 aliphatic heterocycles. The third kappa shape index (κ3) is 4.16. The molecular formula is C19H23N3O4S3. The highest BCUT2D eigenvalue weighted by atomic mass is 32.2. The van der Waals surface area contributed by atoms with Crippen molar-refractivity contribution >= 4 is 49.5 Å². The van der Waals surface area contributed by atoms with Gasteiger partial charge in [-0.15, -0.1) is 11.3 Å². The molecule has 1 saturated heterocycles. The second-order valence-electron chi connectivity index (χ2n) is 8.36. The molecule has 0 spiro atoms.